The maximum absolute atomic E-state index is 13.3. The average Bonchev–Trinajstić information content (AvgIpc) is 2.83. The molecule has 21 heavy (non-hydrogen) atoms. The van der Waals surface area contributed by atoms with Crippen LogP contribution in [0.25, 0.3) is 0 Å². The largest absolute Gasteiger partial charge is 0.309 e. The third-order valence-corrected chi connectivity index (χ3v) is 2.78. The van der Waals surface area contributed by atoms with Crippen LogP contribution in [-0.2, 0) is 13.1 Å². The lowest BCUT2D eigenvalue weighted by Gasteiger charge is -2.04. The van der Waals surface area contributed by atoms with Gasteiger partial charge in [-0.25, -0.2) is 9.07 Å². The van der Waals surface area contributed by atoms with Gasteiger partial charge in [0.2, 0.25) is 0 Å². The Morgan fingerprint density at radius 1 is 1.43 bits per heavy atom. The zero-order valence-electron chi connectivity index (χ0n) is 11.8. The molecule has 0 saturated heterocycles. The number of nitrogens with one attached hydrogen (secondary N) is 1. The zero-order valence-corrected chi connectivity index (χ0v) is 11.8. The molecule has 0 bridgehead atoms. The van der Waals surface area contributed by atoms with Crippen LogP contribution in [0.4, 0.5) is 10.1 Å². The normalized spacial score (nSPS) is 11.0. The molecule has 0 unspecified atom stereocenters. The second kappa shape index (κ2) is 6.40. The van der Waals surface area contributed by atoms with Crippen molar-refractivity contribution < 1.29 is 9.31 Å². The lowest BCUT2D eigenvalue weighted by molar-refractivity contribution is -0.385. The van der Waals surface area contributed by atoms with E-state index >= 15 is 0 Å². The van der Waals surface area contributed by atoms with E-state index in [1.807, 2.05) is 13.8 Å². The van der Waals surface area contributed by atoms with E-state index in [-0.39, 0.29) is 12.2 Å². The Morgan fingerprint density at radius 2 is 2.19 bits per heavy atom. The molecule has 0 aliphatic heterocycles. The lowest BCUT2D eigenvalue weighted by Crippen LogP contribution is -2.21. The summed E-state index contributed by atoms with van der Waals surface area (Å²) in [5.41, 5.74) is 0.955. The van der Waals surface area contributed by atoms with Gasteiger partial charge in [-0.1, -0.05) is 19.1 Å². The molecule has 0 saturated carbocycles. The van der Waals surface area contributed by atoms with Crippen LogP contribution in [-0.4, -0.2) is 26.0 Å². The van der Waals surface area contributed by atoms with Crippen LogP contribution in [0.5, 0.6) is 0 Å². The number of nitrogens with zero attached hydrogens (tertiary/aromatic N) is 4. The molecule has 2 rings (SSSR count). The van der Waals surface area contributed by atoms with Crippen LogP contribution < -0.4 is 5.32 Å². The number of aromatic nitrogens is 3. The van der Waals surface area contributed by atoms with Crippen molar-refractivity contribution in [1.29, 1.82) is 0 Å². The van der Waals surface area contributed by atoms with Gasteiger partial charge in [-0.3, -0.25) is 10.1 Å². The first-order chi connectivity index (χ1) is 9.94. The molecule has 1 aromatic heterocycles. The Bertz CT molecular complexity index is 641. The fourth-order valence-electron chi connectivity index (χ4n) is 1.82. The van der Waals surface area contributed by atoms with Crippen molar-refractivity contribution in [3.63, 3.8) is 0 Å². The minimum Gasteiger partial charge on any atom is -0.309 e. The smallest absolute Gasteiger partial charge is 0.272 e. The zero-order chi connectivity index (χ0) is 15.4. The summed E-state index contributed by atoms with van der Waals surface area (Å²) in [6, 6.07) is 3.81. The topological polar surface area (TPSA) is 85.9 Å². The van der Waals surface area contributed by atoms with Crippen molar-refractivity contribution in [3.05, 3.63) is 51.6 Å². The van der Waals surface area contributed by atoms with E-state index in [0.29, 0.717) is 18.2 Å². The summed E-state index contributed by atoms with van der Waals surface area (Å²) in [5, 5.41) is 21.8. The predicted molar refractivity (Wildman–Crippen MR) is 74.2 cm³/mol. The number of non-ortho nitro benzene ring substituents is 1. The van der Waals surface area contributed by atoms with Gasteiger partial charge in [-0.2, -0.15) is 0 Å². The van der Waals surface area contributed by atoms with E-state index in [9.17, 15) is 14.5 Å². The van der Waals surface area contributed by atoms with Crippen molar-refractivity contribution >= 4 is 5.69 Å². The maximum Gasteiger partial charge on any atom is 0.272 e. The molecule has 1 N–H and O–H groups in total. The summed E-state index contributed by atoms with van der Waals surface area (Å²) < 4.78 is 14.9. The van der Waals surface area contributed by atoms with Gasteiger partial charge in [-0.15, -0.1) is 5.10 Å². The molecule has 8 heteroatoms. The van der Waals surface area contributed by atoms with Crippen molar-refractivity contribution in [1.82, 2.24) is 20.3 Å². The molecule has 0 amide bonds. The quantitative estimate of drug-likeness (QED) is 0.649. The highest BCUT2D eigenvalue weighted by Gasteiger charge is 2.11. The molecule has 0 aliphatic carbocycles. The Morgan fingerprint density at radius 3 is 2.86 bits per heavy atom. The van der Waals surface area contributed by atoms with Gasteiger partial charge in [0.15, 0.2) is 0 Å². The molecule has 0 fully saturated rings. The summed E-state index contributed by atoms with van der Waals surface area (Å²) in [6.07, 6.45) is 1.73. The number of hydrogen-bond acceptors (Lipinski definition) is 5. The molecular formula is C13H16FN5O2. The first kappa shape index (κ1) is 15.0. The van der Waals surface area contributed by atoms with Crippen LogP contribution in [0.15, 0.2) is 24.4 Å². The molecule has 0 spiro atoms. The maximum atomic E-state index is 13.3. The first-order valence-electron chi connectivity index (χ1n) is 6.50. The van der Waals surface area contributed by atoms with E-state index in [4.69, 9.17) is 0 Å². The number of nitro benzene ring substituents is 1. The first-order valence-corrected chi connectivity index (χ1v) is 6.50. The van der Waals surface area contributed by atoms with Crippen molar-refractivity contribution in [2.75, 3.05) is 0 Å². The minimum atomic E-state index is -0.638. The Labute approximate surface area is 120 Å². The molecule has 2 aromatic rings. The van der Waals surface area contributed by atoms with Crippen LogP contribution in [0, 0.1) is 15.9 Å². The number of hydrogen-bond donors (Lipinski definition) is 1. The fraction of sp³-hybridized carbons (Fsp3) is 0.385. The summed E-state index contributed by atoms with van der Waals surface area (Å²) in [4.78, 5) is 10.1. The summed E-state index contributed by atoms with van der Waals surface area (Å²) in [7, 11) is 0. The monoisotopic (exact) mass is 293 g/mol. The highest BCUT2D eigenvalue weighted by atomic mass is 19.1. The second-order valence-electron chi connectivity index (χ2n) is 5.02. The number of nitro groups is 1. The molecular weight excluding hydrogens is 277 g/mol. The van der Waals surface area contributed by atoms with Gasteiger partial charge in [0.1, 0.15) is 5.82 Å². The second-order valence-corrected chi connectivity index (χ2v) is 5.02. The van der Waals surface area contributed by atoms with E-state index in [2.05, 4.69) is 15.6 Å². The molecule has 112 valence electrons. The van der Waals surface area contributed by atoms with Crippen molar-refractivity contribution in [2.45, 2.75) is 33.0 Å². The van der Waals surface area contributed by atoms with Gasteiger partial charge in [0.05, 0.1) is 29.4 Å². The molecule has 0 radical (unpaired) electrons. The molecule has 1 aromatic carbocycles. The SMILES string of the molecule is CC(C)NCc1cn(Cc2cc(F)cc([N+](=O)[O-])c2)nn1. The molecule has 0 atom stereocenters. The summed E-state index contributed by atoms with van der Waals surface area (Å²) in [6.45, 7) is 4.86. The average molecular weight is 293 g/mol. The minimum absolute atomic E-state index is 0.229. The van der Waals surface area contributed by atoms with E-state index < -0.39 is 10.7 Å². The van der Waals surface area contributed by atoms with E-state index in [1.54, 1.807) is 6.20 Å². The highest BCUT2D eigenvalue weighted by Crippen LogP contribution is 2.17. The molecule has 1 heterocycles. The lowest BCUT2D eigenvalue weighted by atomic mass is 10.2. The third kappa shape index (κ3) is 4.32. The van der Waals surface area contributed by atoms with E-state index in [0.717, 1.165) is 11.8 Å². The number of benzene rings is 1. The van der Waals surface area contributed by atoms with Gasteiger partial charge in [-0.05, 0) is 11.6 Å². The van der Waals surface area contributed by atoms with Crippen LogP contribution >= 0.6 is 0 Å². The van der Waals surface area contributed by atoms with Crippen molar-refractivity contribution in [2.24, 2.45) is 0 Å². The third-order valence-electron chi connectivity index (χ3n) is 2.78. The van der Waals surface area contributed by atoms with Crippen LogP contribution in [0.3, 0.4) is 0 Å². The standard InChI is InChI=1S/C13H16FN5O2/c1-9(2)15-6-12-8-18(17-16-12)7-10-3-11(14)5-13(4-10)19(20)21/h3-5,8-9,15H,6-7H2,1-2H3. The number of rotatable bonds is 6. The Balaban J connectivity index is 2.09. The van der Waals surface area contributed by atoms with Gasteiger partial charge < -0.3 is 5.32 Å². The Kier molecular flexibility index (Phi) is 4.59. The summed E-state index contributed by atoms with van der Waals surface area (Å²) in [5.74, 6) is -0.638. The van der Waals surface area contributed by atoms with Crippen LogP contribution in [0.1, 0.15) is 25.1 Å². The Hall–Kier alpha value is -2.35. The van der Waals surface area contributed by atoms with E-state index in [1.165, 1.54) is 16.8 Å². The fourth-order valence-corrected chi connectivity index (χ4v) is 1.82. The van der Waals surface area contributed by atoms with Crippen LogP contribution in [0.2, 0.25) is 0 Å². The number of halogens is 1. The van der Waals surface area contributed by atoms with Crippen molar-refractivity contribution in [3.8, 4) is 0 Å². The van der Waals surface area contributed by atoms with Gasteiger partial charge in [0.25, 0.3) is 5.69 Å². The highest BCUT2D eigenvalue weighted by molar-refractivity contribution is 5.35. The van der Waals surface area contributed by atoms with Gasteiger partial charge in [0, 0.05) is 18.7 Å². The molecule has 7 nitrogen and oxygen atoms in total. The van der Waals surface area contributed by atoms with Gasteiger partial charge >= 0.3 is 0 Å². The molecule has 0 aliphatic rings. The predicted octanol–water partition coefficient (Wildman–Crippen LogP) is 1.87. The summed E-state index contributed by atoms with van der Waals surface area (Å²) >= 11 is 0.